The highest BCUT2D eigenvalue weighted by Gasteiger charge is 2.35. The van der Waals surface area contributed by atoms with Crippen molar-refractivity contribution in [1.82, 2.24) is 4.90 Å². The Morgan fingerprint density at radius 3 is 2.48 bits per heavy atom. The monoisotopic (exact) mass is 392 g/mol. The molecule has 0 spiro atoms. The molecule has 0 saturated heterocycles. The molecule has 29 heavy (non-hydrogen) atoms. The van der Waals surface area contributed by atoms with E-state index in [9.17, 15) is 19.2 Å². The lowest BCUT2D eigenvalue weighted by Gasteiger charge is -2.27. The fourth-order valence-electron chi connectivity index (χ4n) is 3.19. The van der Waals surface area contributed by atoms with Crippen molar-refractivity contribution in [3.05, 3.63) is 64.7 Å². The van der Waals surface area contributed by atoms with Gasteiger partial charge in [0.2, 0.25) is 0 Å². The zero-order valence-corrected chi connectivity index (χ0v) is 16.4. The topological polar surface area (TPSA) is 74.3 Å². The minimum Gasteiger partial charge on any atom is -0.457 e. The molecule has 0 fully saturated rings. The predicted molar refractivity (Wildman–Crippen MR) is 107 cm³/mol. The Labute approximate surface area is 168 Å². The van der Waals surface area contributed by atoms with Crippen molar-refractivity contribution in [3.8, 4) is 17.4 Å². The van der Waals surface area contributed by atoms with E-state index in [1.54, 1.807) is 37.3 Å². The van der Waals surface area contributed by atoms with E-state index in [0.717, 1.165) is 17.7 Å². The molecule has 148 valence electrons. The van der Waals surface area contributed by atoms with Crippen molar-refractivity contribution in [2.24, 2.45) is 0 Å². The number of halogens is 1. The van der Waals surface area contributed by atoms with E-state index in [2.05, 4.69) is 0 Å². The van der Waals surface area contributed by atoms with Gasteiger partial charge in [0.15, 0.2) is 0 Å². The van der Waals surface area contributed by atoms with Gasteiger partial charge in [0, 0.05) is 17.7 Å². The van der Waals surface area contributed by atoms with Crippen LogP contribution in [0.3, 0.4) is 0 Å². The largest absolute Gasteiger partial charge is 0.457 e. The minimum atomic E-state index is -0.547. The Kier molecular flexibility index (Phi) is 6.08. The lowest BCUT2D eigenvalue weighted by atomic mass is 9.94. The van der Waals surface area contributed by atoms with Crippen molar-refractivity contribution < 1.29 is 18.4 Å². The van der Waals surface area contributed by atoms with Gasteiger partial charge in [-0.2, -0.15) is 5.26 Å². The Balaban J connectivity index is 1.95. The highest BCUT2D eigenvalue weighted by Crippen LogP contribution is 2.29. The second-order valence-corrected chi connectivity index (χ2v) is 6.85. The van der Waals surface area contributed by atoms with Crippen LogP contribution < -0.4 is 0 Å². The van der Waals surface area contributed by atoms with Gasteiger partial charge in [-0.3, -0.25) is 14.5 Å². The highest BCUT2D eigenvalue weighted by atomic mass is 19.1. The van der Waals surface area contributed by atoms with Gasteiger partial charge in [0.25, 0.3) is 11.8 Å². The number of nitriles is 1. The minimum absolute atomic E-state index is 0.0299. The Morgan fingerprint density at radius 2 is 1.83 bits per heavy atom. The van der Waals surface area contributed by atoms with Gasteiger partial charge < -0.3 is 4.42 Å². The number of carbonyl (C=O) groups excluding carboxylic acids is 2. The summed E-state index contributed by atoms with van der Waals surface area (Å²) in [5.41, 5.74) is 1.27. The summed E-state index contributed by atoms with van der Waals surface area (Å²) in [4.78, 5) is 26.6. The van der Waals surface area contributed by atoms with Crippen molar-refractivity contribution >= 4 is 17.9 Å². The van der Waals surface area contributed by atoms with Crippen LogP contribution in [0.4, 0.5) is 4.39 Å². The second kappa shape index (κ2) is 8.70. The number of benzene rings is 1. The van der Waals surface area contributed by atoms with Crippen LogP contribution in [0.5, 0.6) is 0 Å². The summed E-state index contributed by atoms with van der Waals surface area (Å²) in [5, 5.41) is 9.42. The molecule has 6 heteroatoms. The zero-order valence-electron chi connectivity index (χ0n) is 16.4. The molecule has 0 aliphatic carbocycles. The summed E-state index contributed by atoms with van der Waals surface area (Å²) in [5.74, 6) is -0.379. The summed E-state index contributed by atoms with van der Waals surface area (Å²) >= 11 is 0. The first-order valence-electron chi connectivity index (χ1n) is 9.51. The van der Waals surface area contributed by atoms with Gasteiger partial charge in [-0.15, -0.1) is 0 Å². The van der Waals surface area contributed by atoms with Crippen LogP contribution in [0, 0.1) is 17.1 Å². The summed E-state index contributed by atoms with van der Waals surface area (Å²) in [6, 6.07) is 11.2. The van der Waals surface area contributed by atoms with E-state index in [0.29, 0.717) is 29.1 Å². The molecule has 1 aromatic carbocycles. The van der Waals surface area contributed by atoms with E-state index in [1.807, 2.05) is 13.0 Å². The molecule has 2 heterocycles. The first-order chi connectivity index (χ1) is 14.0. The molecule has 0 unspecified atom stereocenters. The van der Waals surface area contributed by atoms with Crippen LogP contribution in [0.15, 0.2) is 57.5 Å². The van der Waals surface area contributed by atoms with Crippen LogP contribution >= 0.6 is 0 Å². The Bertz CT molecular complexity index is 1040. The first kappa shape index (κ1) is 20.3. The summed E-state index contributed by atoms with van der Waals surface area (Å²) in [6.45, 7) is 3.90. The van der Waals surface area contributed by atoms with Crippen LogP contribution in [0.25, 0.3) is 17.4 Å². The molecule has 0 N–H and O–H groups in total. The SMILES string of the molecule is CCCCCN1C(=O)C(C#N)=C(C)/C(=C/c2ccc(-c3ccc(F)cc3)o2)C1=O. The maximum atomic E-state index is 13.1. The molecular formula is C23H21FN2O3. The lowest BCUT2D eigenvalue weighted by molar-refractivity contribution is -0.140. The molecule has 0 radical (unpaired) electrons. The Morgan fingerprint density at radius 1 is 1.10 bits per heavy atom. The molecule has 0 saturated carbocycles. The average molecular weight is 392 g/mol. The number of unbranched alkanes of at least 4 members (excludes halogenated alkanes) is 2. The van der Waals surface area contributed by atoms with E-state index in [1.165, 1.54) is 12.1 Å². The molecule has 0 bridgehead atoms. The molecule has 5 nitrogen and oxygen atoms in total. The highest BCUT2D eigenvalue weighted by molar-refractivity contribution is 6.19. The standard InChI is InChI=1S/C23H21FN2O3/c1-3-4-5-12-26-22(27)19(15(2)20(14-25)23(26)28)13-18-10-11-21(29-18)16-6-8-17(24)9-7-16/h6-11,13H,3-5,12H2,1-2H3/b19-13-. The summed E-state index contributed by atoms with van der Waals surface area (Å²) in [7, 11) is 0. The van der Waals surface area contributed by atoms with E-state index in [4.69, 9.17) is 4.42 Å². The van der Waals surface area contributed by atoms with E-state index >= 15 is 0 Å². The fourth-order valence-corrected chi connectivity index (χ4v) is 3.19. The molecule has 1 aliphatic heterocycles. The van der Waals surface area contributed by atoms with Crippen LogP contribution in [0.2, 0.25) is 0 Å². The maximum Gasteiger partial charge on any atom is 0.271 e. The smallest absolute Gasteiger partial charge is 0.271 e. The van der Waals surface area contributed by atoms with Crippen LogP contribution in [-0.4, -0.2) is 23.3 Å². The third kappa shape index (κ3) is 4.19. The number of furan rings is 1. The van der Waals surface area contributed by atoms with Gasteiger partial charge in [0.1, 0.15) is 29.0 Å². The van der Waals surface area contributed by atoms with Crippen molar-refractivity contribution in [2.45, 2.75) is 33.1 Å². The van der Waals surface area contributed by atoms with E-state index < -0.39 is 11.8 Å². The fraction of sp³-hybridized carbons (Fsp3) is 0.261. The lowest BCUT2D eigenvalue weighted by Crippen LogP contribution is -2.43. The molecule has 2 amide bonds. The van der Waals surface area contributed by atoms with Gasteiger partial charge >= 0.3 is 0 Å². The number of imide groups is 1. The van der Waals surface area contributed by atoms with Crippen molar-refractivity contribution in [3.63, 3.8) is 0 Å². The molecule has 0 atom stereocenters. The van der Waals surface area contributed by atoms with Gasteiger partial charge in [-0.05, 0) is 61.4 Å². The normalized spacial score (nSPS) is 15.9. The maximum absolute atomic E-state index is 13.1. The summed E-state index contributed by atoms with van der Waals surface area (Å²) in [6.07, 6.45) is 4.08. The molecule has 1 aromatic heterocycles. The van der Waals surface area contributed by atoms with Gasteiger partial charge in [-0.25, -0.2) is 4.39 Å². The van der Waals surface area contributed by atoms with Crippen molar-refractivity contribution in [2.75, 3.05) is 6.54 Å². The molecular weight excluding hydrogens is 371 g/mol. The first-order valence-corrected chi connectivity index (χ1v) is 9.51. The third-order valence-corrected chi connectivity index (χ3v) is 4.85. The number of nitrogens with zero attached hydrogens (tertiary/aromatic N) is 2. The van der Waals surface area contributed by atoms with Crippen molar-refractivity contribution in [1.29, 1.82) is 5.26 Å². The predicted octanol–water partition coefficient (Wildman–Crippen LogP) is 4.87. The summed E-state index contributed by atoms with van der Waals surface area (Å²) < 4.78 is 18.9. The number of hydrogen-bond donors (Lipinski definition) is 0. The quantitative estimate of drug-likeness (QED) is 0.399. The van der Waals surface area contributed by atoms with Gasteiger partial charge in [0.05, 0.1) is 0 Å². The molecule has 1 aliphatic rings. The number of hydrogen-bond acceptors (Lipinski definition) is 4. The molecule has 3 rings (SSSR count). The van der Waals surface area contributed by atoms with Crippen LogP contribution in [0.1, 0.15) is 38.9 Å². The van der Waals surface area contributed by atoms with E-state index in [-0.39, 0.29) is 23.5 Å². The second-order valence-electron chi connectivity index (χ2n) is 6.85. The van der Waals surface area contributed by atoms with Gasteiger partial charge in [-0.1, -0.05) is 19.8 Å². The number of carbonyl (C=O) groups is 2. The van der Waals surface area contributed by atoms with Crippen LogP contribution in [-0.2, 0) is 9.59 Å². The third-order valence-electron chi connectivity index (χ3n) is 4.85. The average Bonchev–Trinajstić information content (AvgIpc) is 3.17. The zero-order chi connectivity index (χ0) is 21.0. The number of amides is 2. The Hall–Kier alpha value is -3.46. The number of rotatable bonds is 6. The molecule has 2 aromatic rings.